The molecule has 0 fully saturated rings. The van der Waals surface area contributed by atoms with E-state index >= 15 is 0 Å². The highest BCUT2D eigenvalue weighted by atomic mass is 35.5. The maximum atomic E-state index is 13.2. The number of nitrogens with two attached hydrogens (primary N) is 1. The minimum Gasteiger partial charge on any atom is -0.337 e. The van der Waals surface area contributed by atoms with Crippen molar-refractivity contribution in [2.75, 3.05) is 13.1 Å². The summed E-state index contributed by atoms with van der Waals surface area (Å²) in [5.41, 5.74) is 6.09. The summed E-state index contributed by atoms with van der Waals surface area (Å²) in [6.07, 6.45) is 0. The molecule has 0 spiro atoms. The Morgan fingerprint density at radius 1 is 1.44 bits per heavy atom. The Morgan fingerprint density at radius 3 is 2.50 bits per heavy atom. The van der Waals surface area contributed by atoms with Gasteiger partial charge in [0.05, 0.1) is 5.02 Å². The maximum absolute atomic E-state index is 13.2. The quantitative estimate of drug-likeness (QED) is 0.918. The van der Waals surface area contributed by atoms with Crippen LogP contribution >= 0.6 is 11.6 Å². The van der Waals surface area contributed by atoms with Crippen molar-refractivity contribution in [2.45, 2.75) is 27.3 Å². The Hall–Kier alpha value is -1.13. The summed E-state index contributed by atoms with van der Waals surface area (Å²) in [7, 11) is 0. The number of benzene rings is 1. The van der Waals surface area contributed by atoms with Gasteiger partial charge in [-0.2, -0.15) is 0 Å². The van der Waals surface area contributed by atoms with Crippen molar-refractivity contribution in [1.29, 1.82) is 0 Å². The molecule has 0 aliphatic heterocycles. The fraction of sp³-hybridized carbons (Fsp3) is 0.462. The highest BCUT2D eigenvalue weighted by Gasteiger charge is 2.09. The van der Waals surface area contributed by atoms with E-state index in [9.17, 15) is 9.18 Å². The van der Waals surface area contributed by atoms with E-state index in [1.165, 1.54) is 19.1 Å². The molecule has 0 unspecified atom stereocenters. The van der Waals surface area contributed by atoms with Crippen LogP contribution in [0.5, 0.6) is 0 Å². The molecule has 1 rings (SSSR count). The zero-order valence-corrected chi connectivity index (χ0v) is 11.8. The van der Waals surface area contributed by atoms with Crippen molar-refractivity contribution in [1.82, 2.24) is 4.90 Å². The van der Waals surface area contributed by atoms with Gasteiger partial charge in [0.2, 0.25) is 5.91 Å². The van der Waals surface area contributed by atoms with Crippen molar-refractivity contribution < 1.29 is 9.18 Å². The Morgan fingerprint density at radius 2 is 2.06 bits per heavy atom. The molecule has 0 heterocycles. The third-order valence-electron chi connectivity index (χ3n) is 2.20. The summed E-state index contributed by atoms with van der Waals surface area (Å²) in [5.74, 6) is -0.559. The van der Waals surface area contributed by atoms with E-state index in [0.29, 0.717) is 25.2 Å². The first-order valence-electron chi connectivity index (χ1n) is 5.94. The van der Waals surface area contributed by atoms with Crippen LogP contribution in [-0.2, 0) is 11.3 Å². The number of nitrogens with zero attached hydrogens (tertiary/aromatic N) is 1. The lowest BCUT2D eigenvalue weighted by Gasteiger charge is -2.20. The van der Waals surface area contributed by atoms with Crippen LogP contribution in [0, 0.1) is 5.82 Å². The summed E-state index contributed by atoms with van der Waals surface area (Å²) in [6, 6.07) is 4.50. The van der Waals surface area contributed by atoms with Gasteiger partial charge in [0.25, 0.3) is 0 Å². The lowest BCUT2D eigenvalue weighted by molar-refractivity contribution is -0.129. The van der Waals surface area contributed by atoms with Gasteiger partial charge in [-0.05, 0) is 17.7 Å². The van der Waals surface area contributed by atoms with Crippen molar-refractivity contribution in [3.63, 3.8) is 0 Å². The van der Waals surface area contributed by atoms with Crippen LogP contribution in [0.15, 0.2) is 18.2 Å². The molecule has 0 saturated heterocycles. The number of carbonyl (C=O) groups is 1. The summed E-state index contributed by atoms with van der Waals surface area (Å²) in [4.78, 5) is 12.8. The maximum Gasteiger partial charge on any atom is 0.219 e. The van der Waals surface area contributed by atoms with Crippen LogP contribution in [0.2, 0.25) is 5.02 Å². The standard InChI is InChI=1S/C11H14ClFN2O.C2H6/c1-8(16)15(5-4-14)7-9-2-3-10(12)11(13)6-9;1-2/h2-3,6H,4-5,7,14H2,1H3;1-2H3. The molecule has 1 aromatic rings. The first kappa shape index (κ1) is 16.9. The average Bonchev–Trinajstić information content (AvgIpc) is 2.35. The number of hydrogen-bond donors (Lipinski definition) is 1. The van der Waals surface area contributed by atoms with Gasteiger partial charge in [-0.1, -0.05) is 31.5 Å². The Balaban J connectivity index is 0.00000137. The Labute approximate surface area is 113 Å². The highest BCUT2D eigenvalue weighted by molar-refractivity contribution is 6.30. The van der Waals surface area contributed by atoms with Crippen molar-refractivity contribution in [2.24, 2.45) is 5.73 Å². The molecule has 102 valence electrons. The van der Waals surface area contributed by atoms with Crippen molar-refractivity contribution >= 4 is 17.5 Å². The summed E-state index contributed by atoms with van der Waals surface area (Å²) < 4.78 is 13.2. The topological polar surface area (TPSA) is 46.3 Å². The van der Waals surface area contributed by atoms with Crippen LogP contribution in [0.25, 0.3) is 0 Å². The van der Waals surface area contributed by atoms with E-state index in [4.69, 9.17) is 17.3 Å². The second kappa shape index (κ2) is 8.89. The largest absolute Gasteiger partial charge is 0.337 e. The Kier molecular flexibility index (Phi) is 8.33. The molecule has 0 atom stereocenters. The zero-order chi connectivity index (χ0) is 14.1. The number of halogens is 2. The number of amides is 1. The van der Waals surface area contributed by atoms with Gasteiger partial charge in [0, 0.05) is 26.6 Å². The molecule has 0 saturated carbocycles. The van der Waals surface area contributed by atoms with Crippen LogP contribution in [0.4, 0.5) is 4.39 Å². The minimum atomic E-state index is -0.476. The van der Waals surface area contributed by atoms with Crippen LogP contribution < -0.4 is 5.73 Å². The third-order valence-corrected chi connectivity index (χ3v) is 2.51. The molecule has 5 heteroatoms. The normalized spacial score (nSPS) is 9.44. The molecule has 0 aromatic heterocycles. The predicted octanol–water partition coefficient (Wildman–Crippen LogP) is 2.81. The monoisotopic (exact) mass is 274 g/mol. The molecule has 18 heavy (non-hydrogen) atoms. The lowest BCUT2D eigenvalue weighted by atomic mass is 10.2. The van der Waals surface area contributed by atoms with Crippen LogP contribution in [0.3, 0.4) is 0 Å². The van der Waals surface area contributed by atoms with Gasteiger partial charge >= 0.3 is 0 Å². The molecule has 0 aliphatic carbocycles. The molecular weight excluding hydrogens is 255 g/mol. The molecule has 0 bridgehead atoms. The smallest absolute Gasteiger partial charge is 0.219 e. The van der Waals surface area contributed by atoms with E-state index < -0.39 is 5.82 Å². The number of carbonyl (C=O) groups excluding carboxylic acids is 1. The molecular formula is C13H20ClFN2O. The predicted molar refractivity (Wildman–Crippen MR) is 72.9 cm³/mol. The minimum absolute atomic E-state index is 0.0805. The van der Waals surface area contributed by atoms with Crippen molar-refractivity contribution in [3.8, 4) is 0 Å². The molecule has 0 aliphatic rings. The summed E-state index contributed by atoms with van der Waals surface area (Å²) in [6.45, 7) is 6.65. The zero-order valence-electron chi connectivity index (χ0n) is 11.0. The van der Waals surface area contributed by atoms with E-state index in [0.717, 1.165) is 0 Å². The molecule has 2 N–H and O–H groups in total. The summed E-state index contributed by atoms with van der Waals surface area (Å²) in [5, 5.41) is 0.0805. The third kappa shape index (κ3) is 5.47. The fourth-order valence-electron chi connectivity index (χ4n) is 1.36. The van der Waals surface area contributed by atoms with Gasteiger partial charge in [-0.15, -0.1) is 0 Å². The van der Waals surface area contributed by atoms with Crippen LogP contribution in [-0.4, -0.2) is 23.9 Å². The van der Waals surface area contributed by atoms with Crippen molar-refractivity contribution in [3.05, 3.63) is 34.6 Å². The van der Waals surface area contributed by atoms with Gasteiger partial charge in [-0.25, -0.2) is 4.39 Å². The second-order valence-corrected chi connectivity index (χ2v) is 3.88. The van der Waals surface area contributed by atoms with E-state index in [-0.39, 0.29) is 10.9 Å². The van der Waals surface area contributed by atoms with Gasteiger partial charge < -0.3 is 10.6 Å². The highest BCUT2D eigenvalue weighted by Crippen LogP contribution is 2.16. The van der Waals surface area contributed by atoms with Gasteiger partial charge in [0.1, 0.15) is 5.82 Å². The van der Waals surface area contributed by atoms with E-state index in [1.807, 2.05) is 13.8 Å². The molecule has 3 nitrogen and oxygen atoms in total. The first-order valence-corrected chi connectivity index (χ1v) is 6.32. The first-order chi connectivity index (χ1) is 8.54. The molecule has 1 aromatic carbocycles. The summed E-state index contributed by atoms with van der Waals surface area (Å²) >= 11 is 5.57. The number of rotatable bonds is 4. The van der Waals surface area contributed by atoms with Gasteiger partial charge in [0.15, 0.2) is 0 Å². The average molecular weight is 275 g/mol. The van der Waals surface area contributed by atoms with Gasteiger partial charge in [-0.3, -0.25) is 4.79 Å². The second-order valence-electron chi connectivity index (χ2n) is 3.48. The molecule has 0 radical (unpaired) electrons. The SMILES string of the molecule is CC.CC(=O)N(CCN)Cc1ccc(Cl)c(F)c1. The fourth-order valence-corrected chi connectivity index (χ4v) is 1.48. The Bertz CT molecular complexity index is 385. The number of hydrogen-bond acceptors (Lipinski definition) is 2. The van der Waals surface area contributed by atoms with E-state index in [2.05, 4.69) is 0 Å². The van der Waals surface area contributed by atoms with E-state index in [1.54, 1.807) is 11.0 Å². The van der Waals surface area contributed by atoms with Crippen LogP contribution in [0.1, 0.15) is 26.3 Å². The molecule has 1 amide bonds. The lowest BCUT2D eigenvalue weighted by Crippen LogP contribution is -2.33.